The fraction of sp³-hybridized carbons (Fsp3) is 0.350. The van der Waals surface area contributed by atoms with Gasteiger partial charge < -0.3 is 9.80 Å². The zero-order chi connectivity index (χ0) is 20.1. The van der Waals surface area contributed by atoms with Crippen molar-refractivity contribution in [3.63, 3.8) is 0 Å². The van der Waals surface area contributed by atoms with E-state index in [1.165, 1.54) is 15.3 Å². The molecule has 2 aromatic carbocycles. The highest BCUT2D eigenvalue weighted by Crippen LogP contribution is 2.14. The maximum absolute atomic E-state index is 13.8. The summed E-state index contributed by atoms with van der Waals surface area (Å²) in [5, 5.41) is 0. The summed E-state index contributed by atoms with van der Waals surface area (Å²) in [5.41, 5.74) is 0.479. The van der Waals surface area contributed by atoms with Crippen molar-refractivity contribution in [2.24, 2.45) is 0 Å². The first-order valence-corrected chi connectivity index (χ1v) is 10.7. The number of sulfonamides is 1. The molecule has 1 aliphatic rings. The minimum absolute atomic E-state index is 0.0855. The van der Waals surface area contributed by atoms with Crippen molar-refractivity contribution in [3.8, 4) is 0 Å². The summed E-state index contributed by atoms with van der Waals surface area (Å²) in [6.07, 6.45) is 0. The topological polar surface area (TPSA) is 62.1 Å². The van der Waals surface area contributed by atoms with Gasteiger partial charge in [-0.25, -0.2) is 12.8 Å². The molecule has 1 amide bonds. The smallest absolute Gasteiger partial charge is 0.277 e. The van der Waals surface area contributed by atoms with Crippen LogP contribution in [0.5, 0.6) is 0 Å². The lowest BCUT2D eigenvalue weighted by molar-refractivity contribution is -0.896. The number of hydrogen-bond acceptors (Lipinski definition) is 3. The van der Waals surface area contributed by atoms with Crippen LogP contribution in [0.3, 0.4) is 0 Å². The quantitative estimate of drug-likeness (QED) is 0.754. The van der Waals surface area contributed by atoms with Gasteiger partial charge in [-0.3, -0.25) is 4.79 Å². The van der Waals surface area contributed by atoms with Crippen LogP contribution in [0.15, 0.2) is 59.5 Å². The van der Waals surface area contributed by atoms with Gasteiger partial charge in [0.2, 0.25) is 10.0 Å². The van der Waals surface area contributed by atoms with Gasteiger partial charge in [-0.15, -0.1) is 0 Å². The zero-order valence-electron chi connectivity index (χ0n) is 15.8. The Morgan fingerprint density at radius 2 is 1.68 bits per heavy atom. The number of quaternary nitrogens is 1. The van der Waals surface area contributed by atoms with Crippen LogP contribution in [0.2, 0.25) is 0 Å². The first-order valence-electron chi connectivity index (χ1n) is 9.24. The first-order chi connectivity index (χ1) is 13.4. The molecule has 0 unspecified atom stereocenters. The second-order valence-corrected chi connectivity index (χ2v) is 8.92. The van der Waals surface area contributed by atoms with Crippen LogP contribution in [0.25, 0.3) is 0 Å². The van der Waals surface area contributed by atoms with Gasteiger partial charge in [0.05, 0.1) is 31.1 Å². The van der Waals surface area contributed by atoms with E-state index in [2.05, 4.69) is 0 Å². The number of halogens is 1. The number of likely N-dealkylation sites (N-methyl/N-ethyl adjacent to an activating group) is 1. The SMILES string of the molecule is CN(Cc1ccccc1F)C(=O)C[NH+]1CCN(S(=O)(=O)c2ccccc2)CC1. The number of benzene rings is 2. The third-order valence-corrected chi connectivity index (χ3v) is 6.92. The molecule has 8 heteroatoms. The molecule has 28 heavy (non-hydrogen) atoms. The van der Waals surface area contributed by atoms with Crippen LogP contribution in [-0.4, -0.2) is 63.3 Å². The Morgan fingerprint density at radius 3 is 2.32 bits per heavy atom. The van der Waals surface area contributed by atoms with E-state index in [0.29, 0.717) is 36.6 Å². The molecule has 1 fully saturated rings. The van der Waals surface area contributed by atoms with Crippen molar-refractivity contribution in [3.05, 3.63) is 66.0 Å². The number of nitrogens with zero attached hydrogens (tertiary/aromatic N) is 2. The summed E-state index contributed by atoms with van der Waals surface area (Å²) in [5.74, 6) is -0.410. The van der Waals surface area contributed by atoms with Gasteiger partial charge in [-0.2, -0.15) is 4.31 Å². The predicted octanol–water partition coefficient (Wildman–Crippen LogP) is 0.374. The molecule has 0 aliphatic carbocycles. The number of carbonyl (C=O) groups excluding carboxylic acids is 1. The Balaban J connectivity index is 1.52. The Labute approximate surface area is 165 Å². The normalized spacial score (nSPS) is 16.1. The van der Waals surface area contributed by atoms with Crippen LogP contribution in [0.1, 0.15) is 5.56 Å². The van der Waals surface area contributed by atoms with Crippen molar-refractivity contribution in [1.82, 2.24) is 9.21 Å². The highest BCUT2D eigenvalue weighted by atomic mass is 32.2. The lowest BCUT2D eigenvalue weighted by atomic mass is 10.2. The van der Waals surface area contributed by atoms with Gasteiger partial charge in [0, 0.05) is 19.2 Å². The van der Waals surface area contributed by atoms with Gasteiger partial charge in [0.1, 0.15) is 5.82 Å². The predicted molar refractivity (Wildman–Crippen MR) is 104 cm³/mol. The lowest BCUT2D eigenvalue weighted by Crippen LogP contribution is -3.15. The summed E-state index contributed by atoms with van der Waals surface area (Å²) >= 11 is 0. The van der Waals surface area contributed by atoms with E-state index in [1.807, 2.05) is 0 Å². The largest absolute Gasteiger partial charge is 0.336 e. The fourth-order valence-electron chi connectivity index (χ4n) is 3.28. The number of amides is 1. The zero-order valence-corrected chi connectivity index (χ0v) is 16.7. The van der Waals surface area contributed by atoms with E-state index in [9.17, 15) is 17.6 Å². The Kier molecular flexibility index (Phi) is 6.43. The molecule has 3 rings (SSSR count). The summed E-state index contributed by atoms with van der Waals surface area (Å²) in [6, 6.07) is 14.8. The Bertz CT molecular complexity index is 913. The standard InChI is InChI=1S/C20H24FN3O3S/c1-22(15-17-7-5-6-10-19(17)21)20(25)16-23-11-13-24(14-12-23)28(26,27)18-8-3-2-4-9-18/h2-10H,11-16H2,1H3/p+1. The minimum Gasteiger partial charge on any atom is -0.336 e. The Morgan fingerprint density at radius 1 is 1.07 bits per heavy atom. The van der Waals surface area contributed by atoms with E-state index in [4.69, 9.17) is 0 Å². The van der Waals surface area contributed by atoms with Crippen molar-refractivity contribution in [2.45, 2.75) is 11.4 Å². The molecule has 1 heterocycles. The monoisotopic (exact) mass is 406 g/mol. The fourth-order valence-corrected chi connectivity index (χ4v) is 4.74. The molecule has 2 aromatic rings. The number of hydrogen-bond donors (Lipinski definition) is 1. The molecule has 0 saturated carbocycles. The van der Waals surface area contributed by atoms with Gasteiger partial charge >= 0.3 is 0 Å². The first kappa shape index (κ1) is 20.4. The summed E-state index contributed by atoms with van der Waals surface area (Å²) < 4.78 is 40.6. The third kappa shape index (κ3) is 4.76. The Hall–Kier alpha value is -2.29. The highest BCUT2D eigenvalue weighted by Gasteiger charge is 2.31. The van der Waals surface area contributed by atoms with Crippen LogP contribution in [-0.2, 0) is 21.4 Å². The molecule has 150 valence electrons. The van der Waals surface area contributed by atoms with Crippen LogP contribution < -0.4 is 4.90 Å². The van der Waals surface area contributed by atoms with Crippen LogP contribution in [0.4, 0.5) is 4.39 Å². The molecule has 0 aromatic heterocycles. The summed E-state index contributed by atoms with van der Waals surface area (Å²) in [6.45, 7) is 2.35. The third-order valence-electron chi connectivity index (χ3n) is 5.00. The van der Waals surface area contributed by atoms with Gasteiger partial charge in [-0.05, 0) is 18.2 Å². The number of nitrogens with one attached hydrogen (secondary N) is 1. The second kappa shape index (κ2) is 8.81. The van der Waals surface area contributed by atoms with Crippen LogP contribution >= 0.6 is 0 Å². The molecule has 0 atom stereocenters. The van der Waals surface area contributed by atoms with Gasteiger partial charge in [0.25, 0.3) is 5.91 Å². The minimum atomic E-state index is -3.49. The molecule has 1 aliphatic heterocycles. The summed E-state index contributed by atoms with van der Waals surface area (Å²) in [4.78, 5) is 15.3. The molecular formula is C20H25FN3O3S+. The maximum Gasteiger partial charge on any atom is 0.277 e. The number of carbonyl (C=O) groups is 1. The number of rotatable bonds is 6. The van der Waals surface area contributed by atoms with E-state index >= 15 is 0 Å². The van der Waals surface area contributed by atoms with E-state index in [0.717, 1.165) is 4.90 Å². The highest BCUT2D eigenvalue weighted by molar-refractivity contribution is 7.89. The number of piperazine rings is 1. The van der Waals surface area contributed by atoms with Gasteiger partial charge in [-0.1, -0.05) is 36.4 Å². The average molecular weight is 407 g/mol. The maximum atomic E-state index is 13.8. The van der Waals surface area contributed by atoms with E-state index in [-0.39, 0.29) is 24.8 Å². The van der Waals surface area contributed by atoms with E-state index in [1.54, 1.807) is 55.6 Å². The van der Waals surface area contributed by atoms with Crippen LogP contribution in [0, 0.1) is 5.82 Å². The van der Waals surface area contributed by atoms with Crippen molar-refractivity contribution >= 4 is 15.9 Å². The van der Waals surface area contributed by atoms with E-state index < -0.39 is 10.0 Å². The molecule has 6 nitrogen and oxygen atoms in total. The summed E-state index contributed by atoms with van der Waals surface area (Å²) in [7, 11) is -1.84. The molecule has 1 N–H and O–H groups in total. The molecule has 0 spiro atoms. The lowest BCUT2D eigenvalue weighted by Gasteiger charge is -2.32. The van der Waals surface area contributed by atoms with Gasteiger partial charge in [0.15, 0.2) is 6.54 Å². The average Bonchev–Trinajstić information content (AvgIpc) is 2.70. The van der Waals surface area contributed by atoms with Crippen molar-refractivity contribution < 1.29 is 22.5 Å². The molecular weight excluding hydrogens is 381 g/mol. The molecule has 1 saturated heterocycles. The molecule has 0 radical (unpaired) electrons. The molecule has 0 bridgehead atoms. The van der Waals surface area contributed by atoms with Crippen molar-refractivity contribution in [2.75, 3.05) is 39.8 Å². The second-order valence-electron chi connectivity index (χ2n) is 6.99. The van der Waals surface area contributed by atoms with Crippen molar-refractivity contribution in [1.29, 1.82) is 0 Å².